The van der Waals surface area contributed by atoms with Crippen molar-refractivity contribution in [2.45, 2.75) is 52.6 Å². The van der Waals surface area contributed by atoms with Gasteiger partial charge in [0.05, 0.1) is 0 Å². The number of halogens is 2. The summed E-state index contributed by atoms with van der Waals surface area (Å²) in [5.74, 6) is 0.382. The number of ether oxygens (including phenoxy) is 1. The molecule has 2 aromatic rings. The van der Waals surface area contributed by atoms with Crippen LogP contribution in [0, 0.1) is 0 Å². The molecule has 1 N–H and O–H groups in total. The fourth-order valence-corrected chi connectivity index (χ4v) is 3.89. The van der Waals surface area contributed by atoms with Gasteiger partial charge in [-0.2, -0.15) is 0 Å². The number of hydrogen-bond acceptors (Lipinski definition) is 3. The van der Waals surface area contributed by atoms with Gasteiger partial charge in [0, 0.05) is 28.7 Å². The van der Waals surface area contributed by atoms with Crippen LogP contribution in [0.2, 0.25) is 10.0 Å². The lowest BCUT2D eigenvalue weighted by atomic mass is 10.0. The van der Waals surface area contributed by atoms with Gasteiger partial charge in [0.1, 0.15) is 11.8 Å². The Labute approximate surface area is 194 Å². The Bertz CT molecular complexity index is 882. The lowest BCUT2D eigenvalue weighted by Crippen LogP contribution is -2.50. The number of amides is 2. The molecule has 0 unspecified atom stereocenters. The van der Waals surface area contributed by atoms with Crippen LogP contribution in [-0.4, -0.2) is 35.9 Å². The summed E-state index contributed by atoms with van der Waals surface area (Å²) in [6.07, 6.45) is 0.447. The van der Waals surface area contributed by atoms with Gasteiger partial charge in [-0.1, -0.05) is 68.2 Å². The Hall–Kier alpha value is -2.24. The molecule has 5 nitrogen and oxygen atoms in total. The number of hydrogen-bond donors (Lipinski definition) is 1. The molecule has 0 radical (unpaired) electrons. The molecule has 0 fully saturated rings. The molecular formula is C24H30Cl2N2O3. The fourth-order valence-electron chi connectivity index (χ4n) is 3.38. The second kappa shape index (κ2) is 12.0. The summed E-state index contributed by atoms with van der Waals surface area (Å²) >= 11 is 12.7. The third kappa shape index (κ3) is 6.62. The number of nitrogens with zero attached hydrogens (tertiary/aromatic N) is 1. The number of carbonyl (C=O) groups excluding carboxylic acids is 2. The highest BCUT2D eigenvalue weighted by atomic mass is 35.5. The number of carbonyl (C=O) groups is 2. The summed E-state index contributed by atoms with van der Waals surface area (Å²) in [4.78, 5) is 27.5. The summed E-state index contributed by atoms with van der Waals surface area (Å²) in [5, 5.41) is 3.70. The second-order valence-electron chi connectivity index (χ2n) is 7.52. The monoisotopic (exact) mass is 464 g/mol. The molecule has 0 saturated carbocycles. The molecule has 7 heteroatoms. The van der Waals surface area contributed by atoms with Gasteiger partial charge in [0.25, 0.3) is 5.91 Å². The van der Waals surface area contributed by atoms with Crippen LogP contribution in [0.5, 0.6) is 5.75 Å². The van der Waals surface area contributed by atoms with Gasteiger partial charge < -0.3 is 15.0 Å². The number of benzene rings is 2. The number of likely N-dealkylation sites (N-methyl/N-ethyl adjacent to an activating group) is 1. The van der Waals surface area contributed by atoms with Gasteiger partial charge in [0.15, 0.2) is 6.61 Å². The molecule has 0 saturated heterocycles. The van der Waals surface area contributed by atoms with Crippen molar-refractivity contribution in [3.63, 3.8) is 0 Å². The maximum absolute atomic E-state index is 13.3. The number of rotatable bonds is 10. The quantitative estimate of drug-likeness (QED) is 0.509. The van der Waals surface area contributed by atoms with Crippen LogP contribution in [0.1, 0.15) is 51.2 Å². The van der Waals surface area contributed by atoms with E-state index < -0.39 is 6.04 Å². The Morgan fingerprint density at radius 2 is 1.68 bits per heavy atom. The average molecular weight is 465 g/mol. The smallest absolute Gasteiger partial charge is 0.261 e. The van der Waals surface area contributed by atoms with E-state index in [0.717, 1.165) is 5.56 Å². The lowest BCUT2D eigenvalue weighted by molar-refractivity contribution is -0.142. The van der Waals surface area contributed by atoms with Crippen molar-refractivity contribution in [1.82, 2.24) is 10.2 Å². The van der Waals surface area contributed by atoms with Gasteiger partial charge in [-0.3, -0.25) is 9.59 Å². The Morgan fingerprint density at radius 1 is 1.03 bits per heavy atom. The highest BCUT2D eigenvalue weighted by molar-refractivity contribution is 6.36. The minimum Gasteiger partial charge on any atom is -0.483 e. The zero-order valence-corrected chi connectivity index (χ0v) is 20.0. The van der Waals surface area contributed by atoms with Gasteiger partial charge in [-0.25, -0.2) is 0 Å². The number of nitrogens with one attached hydrogen (secondary N) is 1. The Balaban J connectivity index is 2.30. The van der Waals surface area contributed by atoms with E-state index in [2.05, 4.69) is 19.2 Å². The second-order valence-corrected chi connectivity index (χ2v) is 8.34. The summed E-state index contributed by atoms with van der Waals surface area (Å²) in [5.41, 5.74) is 1.62. The van der Waals surface area contributed by atoms with Crippen LogP contribution < -0.4 is 10.1 Å². The summed E-state index contributed by atoms with van der Waals surface area (Å²) in [7, 11) is 0. The normalized spacial score (nSPS) is 11.8. The molecule has 2 aromatic carbocycles. The van der Waals surface area contributed by atoms with Crippen LogP contribution >= 0.6 is 23.2 Å². The van der Waals surface area contributed by atoms with Gasteiger partial charge in [0.2, 0.25) is 5.91 Å². The van der Waals surface area contributed by atoms with Crippen molar-refractivity contribution in [2.75, 3.05) is 13.2 Å². The summed E-state index contributed by atoms with van der Waals surface area (Å²) < 4.78 is 5.88. The van der Waals surface area contributed by atoms with Gasteiger partial charge in [-0.15, -0.1) is 0 Å². The highest BCUT2D eigenvalue weighted by Crippen LogP contribution is 2.28. The molecule has 0 heterocycles. The Morgan fingerprint density at radius 3 is 2.26 bits per heavy atom. The molecule has 0 aliphatic carbocycles. The third-order valence-electron chi connectivity index (χ3n) is 5.02. The average Bonchev–Trinajstić information content (AvgIpc) is 2.74. The molecular weight excluding hydrogens is 435 g/mol. The van der Waals surface area contributed by atoms with Crippen molar-refractivity contribution in [2.24, 2.45) is 0 Å². The first-order valence-electron chi connectivity index (χ1n) is 10.5. The largest absolute Gasteiger partial charge is 0.483 e. The SMILES string of the molecule is CCNC(=O)[C@H](CC)N(Cc1c(Cl)cccc1Cl)C(=O)COc1ccccc1C(C)C. The minimum absolute atomic E-state index is 0.113. The summed E-state index contributed by atoms with van der Waals surface area (Å²) in [6, 6.07) is 12.2. The fraction of sp³-hybridized carbons (Fsp3) is 0.417. The highest BCUT2D eigenvalue weighted by Gasteiger charge is 2.30. The standard InChI is InChI=1S/C24H30Cl2N2O3/c1-5-21(24(30)27-6-2)28(14-18-19(25)11-9-12-20(18)26)23(29)15-31-22-13-8-7-10-17(22)16(3)4/h7-13,16,21H,5-6,14-15H2,1-4H3,(H,27,30)/t21-/m0/s1. The minimum atomic E-state index is -0.663. The van der Waals surface area contributed by atoms with Crippen LogP contribution in [0.3, 0.4) is 0 Å². The van der Waals surface area contributed by atoms with E-state index in [1.807, 2.05) is 38.1 Å². The van der Waals surface area contributed by atoms with Crippen molar-refractivity contribution in [3.8, 4) is 5.75 Å². The van der Waals surface area contributed by atoms with E-state index in [0.29, 0.717) is 34.3 Å². The molecule has 31 heavy (non-hydrogen) atoms. The van der Waals surface area contributed by atoms with Gasteiger partial charge in [-0.05, 0) is 43.0 Å². The van der Waals surface area contributed by atoms with Crippen molar-refractivity contribution in [1.29, 1.82) is 0 Å². The number of para-hydroxylation sites is 1. The first-order chi connectivity index (χ1) is 14.8. The van der Waals surface area contributed by atoms with E-state index in [9.17, 15) is 9.59 Å². The van der Waals surface area contributed by atoms with E-state index in [-0.39, 0.29) is 30.9 Å². The predicted octanol–water partition coefficient (Wildman–Crippen LogP) is 5.44. The first kappa shape index (κ1) is 25.0. The molecule has 0 bridgehead atoms. The maximum atomic E-state index is 13.3. The molecule has 168 valence electrons. The van der Waals surface area contributed by atoms with Crippen LogP contribution in [0.4, 0.5) is 0 Å². The van der Waals surface area contributed by atoms with Crippen LogP contribution in [0.25, 0.3) is 0 Å². The predicted molar refractivity (Wildman–Crippen MR) is 126 cm³/mol. The molecule has 0 spiro atoms. The molecule has 2 rings (SSSR count). The van der Waals surface area contributed by atoms with E-state index in [1.165, 1.54) is 4.90 Å². The lowest BCUT2D eigenvalue weighted by Gasteiger charge is -2.31. The first-order valence-corrected chi connectivity index (χ1v) is 11.3. The molecule has 0 aliphatic heterocycles. The van der Waals surface area contributed by atoms with Crippen molar-refractivity contribution < 1.29 is 14.3 Å². The van der Waals surface area contributed by atoms with Crippen LogP contribution in [0.15, 0.2) is 42.5 Å². The van der Waals surface area contributed by atoms with E-state index in [1.54, 1.807) is 18.2 Å². The van der Waals surface area contributed by atoms with Crippen LogP contribution in [-0.2, 0) is 16.1 Å². The Kier molecular flexibility index (Phi) is 9.66. The van der Waals surface area contributed by atoms with Gasteiger partial charge >= 0.3 is 0 Å². The molecule has 0 aromatic heterocycles. The third-order valence-corrected chi connectivity index (χ3v) is 5.73. The topological polar surface area (TPSA) is 58.6 Å². The van der Waals surface area contributed by atoms with Crippen molar-refractivity contribution >= 4 is 35.0 Å². The molecule has 1 atom stereocenters. The molecule has 2 amide bonds. The maximum Gasteiger partial charge on any atom is 0.261 e. The molecule has 0 aliphatic rings. The van der Waals surface area contributed by atoms with E-state index >= 15 is 0 Å². The zero-order valence-electron chi connectivity index (χ0n) is 18.5. The zero-order chi connectivity index (χ0) is 23.0. The van der Waals surface area contributed by atoms with Crippen molar-refractivity contribution in [3.05, 3.63) is 63.6 Å². The van der Waals surface area contributed by atoms with E-state index in [4.69, 9.17) is 27.9 Å². The summed E-state index contributed by atoms with van der Waals surface area (Å²) in [6.45, 7) is 8.24.